The third-order valence-corrected chi connectivity index (χ3v) is 3.06. The molecule has 1 aliphatic rings. The highest BCUT2D eigenvalue weighted by molar-refractivity contribution is 6.00. The molecule has 1 aliphatic heterocycles. The first-order valence-corrected chi connectivity index (χ1v) is 6.00. The van der Waals surface area contributed by atoms with Crippen LogP contribution in [0.5, 0.6) is 0 Å². The van der Waals surface area contributed by atoms with Crippen molar-refractivity contribution in [2.45, 2.75) is 39.0 Å². The van der Waals surface area contributed by atoms with Crippen LogP contribution in [0.15, 0.2) is 30.3 Å². The molecule has 0 saturated carbocycles. The molecule has 4 heteroatoms. The van der Waals surface area contributed by atoms with E-state index in [9.17, 15) is 9.59 Å². The maximum Gasteiger partial charge on any atom is 0.258 e. The SMILES string of the molecule is CC(=O)CC1(C)OC(C)C(=O)N1c1ccccc1. The number of hydrogen-bond donors (Lipinski definition) is 0. The molecule has 1 heterocycles. The molecular weight excluding hydrogens is 230 g/mol. The van der Waals surface area contributed by atoms with Gasteiger partial charge >= 0.3 is 0 Å². The Bertz CT molecular complexity index is 471. The number of benzene rings is 1. The van der Waals surface area contributed by atoms with Crippen molar-refractivity contribution in [3.63, 3.8) is 0 Å². The number of amides is 1. The largest absolute Gasteiger partial charge is 0.342 e. The Morgan fingerprint density at radius 3 is 2.56 bits per heavy atom. The molecule has 1 fully saturated rings. The lowest BCUT2D eigenvalue weighted by atomic mass is 10.1. The van der Waals surface area contributed by atoms with Crippen molar-refractivity contribution in [1.82, 2.24) is 0 Å². The van der Waals surface area contributed by atoms with Gasteiger partial charge in [0.2, 0.25) is 0 Å². The summed E-state index contributed by atoms with van der Waals surface area (Å²) in [4.78, 5) is 25.2. The van der Waals surface area contributed by atoms with Gasteiger partial charge in [-0.25, -0.2) is 0 Å². The fraction of sp³-hybridized carbons (Fsp3) is 0.429. The summed E-state index contributed by atoms with van der Waals surface area (Å²) < 4.78 is 5.69. The molecule has 4 nitrogen and oxygen atoms in total. The molecule has 2 rings (SSSR count). The van der Waals surface area contributed by atoms with Crippen molar-refractivity contribution < 1.29 is 14.3 Å². The van der Waals surface area contributed by atoms with E-state index >= 15 is 0 Å². The molecule has 1 aromatic rings. The van der Waals surface area contributed by atoms with Crippen molar-refractivity contribution in [2.24, 2.45) is 0 Å². The minimum atomic E-state index is -0.885. The zero-order chi connectivity index (χ0) is 13.3. The molecule has 0 aromatic heterocycles. The minimum Gasteiger partial charge on any atom is -0.342 e. The molecule has 18 heavy (non-hydrogen) atoms. The highest BCUT2D eigenvalue weighted by atomic mass is 16.5. The fourth-order valence-electron chi connectivity index (χ4n) is 2.46. The van der Waals surface area contributed by atoms with E-state index in [0.29, 0.717) is 0 Å². The van der Waals surface area contributed by atoms with Gasteiger partial charge < -0.3 is 4.74 Å². The summed E-state index contributed by atoms with van der Waals surface area (Å²) in [6.45, 7) is 5.00. The lowest BCUT2D eigenvalue weighted by Crippen LogP contribution is -2.45. The molecule has 1 amide bonds. The van der Waals surface area contributed by atoms with Crippen LogP contribution < -0.4 is 4.90 Å². The predicted octanol–water partition coefficient (Wildman–Crippen LogP) is 2.13. The number of ketones is 1. The topological polar surface area (TPSA) is 46.6 Å². The van der Waals surface area contributed by atoms with E-state index in [0.717, 1.165) is 5.69 Å². The second-order valence-electron chi connectivity index (χ2n) is 4.82. The lowest BCUT2D eigenvalue weighted by molar-refractivity contribution is -0.126. The number of hydrogen-bond acceptors (Lipinski definition) is 3. The van der Waals surface area contributed by atoms with E-state index in [-0.39, 0.29) is 18.1 Å². The Labute approximate surface area is 107 Å². The van der Waals surface area contributed by atoms with Gasteiger partial charge in [-0.3, -0.25) is 14.5 Å². The van der Waals surface area contributed by atoms with E-state index in [1.165, 1.54) is 6.92 Å². The van der Waals surface area contributed by atoms with Crippen LogP contribution in [-0.2, 0) is 14.3 Å². The molecule has 0 N–H and O–H groups in total. The average molecular weight is 247 g/mol. The van der Waals surface area contributed by atoms with Crippen molar-refractivity contribution in [2.75, 3.05) is 4.90 Å². The molecule has 1 saturated heterocycles. The first-order chi connectivity index (χ1) is 8.44. The van der Waals surface area contributed by atoms with Crippen LogP contribution in [0.2, 0.25) is 0 Å². The van der Waals surface area contributed by atoms with E-state index in [1.54, 1.807) is 18.7 Å². The van der Waals surface area contributed by atoms with Gasteiger partial charge in [-0.15, -0.1) is 0 Å². The molecule has 0 bridgehead atoms. The number of rotatable bonds is 3. The molecule has 0 spiro atoms. The zero-order valence-corrected chi connectivity index (χ0v) is 10.8. The van der Waals surface area contributed by atoms with Gasteiger partial charge in [0.15, 0.2) is 5.72 Å². The van der Waals surface area contributed by atoms with Crippen molar-refractivity contribution >= 4 is 17.4 Å². The number of carbonyl (C=O) groups excluding carboxylic acids is 2. The number of para-hydroxylation sites is 1. The van der Waals surface area contributed by atoms with E-state index < -0.39 is 11.8 Å². The molecule has 0 radical (unpaired) electrons. The van der Waals surface area contributed by atoms with Gasteiger partial charge in [0, 0.05) is 5.69 Å². The summed E-state index contributed by atoms with van der Waals surface area (Å²) in [6, 6.07) is 9.30. The maximum absolute atomic E-state index is 12.2. The van der Waals surface area contributed by atoms with Crippen LogP contribution >= 0.6 is 0 Å². The lowest BCUT2D eigenvalue weighted by Gasteiger charge is -2.32. The zero-order valence-electron chi connectivity index (χ0n) is 10.8. The number of Topliss-reactive ketones (excluding diaryl/α,β-unsaturated/α-hetero) is 1. The third-order valence-electron chi connectivity index (χ3n) is 3.06. The summed E-state index contributed by atoms with van der Waals surface area (Å²) in [5, 5.41) is 0. The average Bonchev–Trinajstić information content (AvgIpc) is 2.49. The predicted molar refractivity (Wildman–Crippen MR) is 68.2 cm³/mol. The molecular formula is C14H17NO3. The second-order valence-corrected chi connectivity index (χ2v) is 4.82. The first kappa shape index (κ1) is 12.8. The summed E-state index contributed by atoms with van der Waals surface area (Å²) in [5.74, 6) is -0.106. The smallest absolute Gasteiger partial charge is 0.258 e. The standard InChI is InChI=1S/C14H17NO3/c1-10(16)9-14(3)15(13(17)11(2)18-14)12-7-5-4-6-8-12/h4-8,11H,9H2,1-3H3. The number of carbonyl (C=O) groups is 2. The summed E-state index contributed by atoms with van der Waals surface area (Å²) in [7, 11) is 0. The Hall–Kier alpha value is -1.68. The van der Waals surface area contributed by atoms with Crippen molar-refractivity contribution in [3.05, 3.63) is 30.3 Å². The summed E-state index contributed by atoms with van der Waals surface area (Å²) in [5.41, 5.74) is -0.125. The van der Waals surface area contributed by atoms with E-state index in [4.69, 9.17) is 4.74 Å². The van der Waals surface area contributed by atoms with Gasteiger partial charge in [0.05, 0.1) is 6.42 Å². The Kier molecular flexibility index (Phi) is 3.22. The Balaban J connectivity index is 2.40. The van der Waals surface area contributed by atoms with Crippen molar-refractivity contribution in [1.29, 1.82) is 0 Å². The highest BCUT2D eigenvalue weighted by Gasteiger charge is 2.48. The van der Waals surface area contributed by atoms with Crippen LogP contribution in [0.1, 0.15) is 27.2 Å². The molecule has 1 aromatic carbocycles. The number of ether oxygens (including phenoxy) is 1. The molecule has 2 unspecified atom stereocenters. The Morgan fingerprint density at radius 1 is 1.39 bits per heavy atom. The Morgan fingerprint density at radius 2 is 2.00 bits per heavy atom. The van der Waals surface area contributed by atoms with Gasteiger partial charge in [0.25, 0.3) is 5.91 Å². The van der Waals surface area contributed by atoms with Gasteiger partial charge in [-0.05, 0) is 32.9 Å². The second kappa shape index (κ2) is 4.53. The van der Waals surface area contributed by atoms with Crippen LogP contribution in [0, 0.1) is 0 Å². The van der Waals surface area contributed by atoms with Gasteiger partial charge in [-0.1, -0.05) is 18.2 Å². The monoisotopic (exact) mass is 247 g/mol. The maximum atomic E-state index is 12.2. The van der Waals surface area contributed by atoms with Crippen LogP contribution in [0.25, 0.3) is 0 Å². The first-order valence-electron chi connectivity index (χ1n) is 6.00. The number of nitrogens with zero attached hydrogens (tertiary/aromatic N) is 1. The van der Waals surface area contributed by atoms with Crippen LogP contribution in [0.4, 0.5) is 5.69 Å². The van der Waals surface area contributed by atoms with E-state index in [2.05, 4.69) is 0 Å². The van der Waals surface area contributed by atoms with Crippen LogP contribution in [0.3, 0.4) is 0 Å². The summed E-state index contributed by atoms with van der Waals surface area (Å²) in [6.07, 6.45) is -0.326. The normalized spacial score (nSPS) is 27.6. The highest BCUT2D eigenvalue weighted by Crippen LogP contribution is 2.35. The van der Waals surface area contributed by atoms with E-state index in [1.807, 2.05) is 30.3 Å². The molecule has 96 valence electrons. The van der Waals surface area contributed by atoms with Crippen molar-refractivity contribution in [3.8, 4) is 0 Å². The molecule has 2 atom stereocenters. The fourth-order valence-corrected chi connectivity index (χ4v) is 2.46. The molecule has 0 aliphatic carbocycles. The van der Waals surface area contributed by atoms with Gasteiger partial charge in [-0.2, -0.15) is 0 Å². The van der Waals surface area contributed by atoms with Gasteiger partial charge in [0.1, 0.15) is 11.9 Å². The quantitative estimate of drug-likeness (QED) is 0.822. The van der Waals surface area contributed by atoms with Crippen LogP contribution in [-0.4, -0.2) is 23.5 Å². The summed E-state index contributed by atoms with van der Waals surface area (Å²) >= 11 is 0. The minimum absolute atomic E-state index is 0.000307. The number of anilines is 1. The third kappa shape index (κ3) is 2.16.